The SMILES string of the molecule is CN(C(=O)C1CC1c1cccc2ccccc12)C1CC2CCC(C1)N2.Cl. The average molecular weight is 371 g/mol. The average Bonchev–Trinajstić information content (AvgIpc) is 3.38. The van der Waals surface area contributed by atoms with Crippen molar-refractivity contribution in [1.82, 2.24) is 10.2 Å². The van der Waals surface area contributed by atoms with E-state index in [1.54, 1.807) is 0 Å². The van der Waals surface area contributed by atoms with E-state index >= 15 is 0 Å². The zero-order valence-corrected chi connectivity index (χ0v) is 16.0. The third-order valence-electron chi connectivity index (χ3n) is 6.67. The largest absolute Gasteiger partial charge is 0.342 e. The number of nitrogens with one attached hydrogen (secondary N) is 1. The van der Waals surface area contributed by atoms with E-state index in [9.17, 15) is 4.79 Å². The lowest BCUT2D eigenvalue weighted by atomic mass is 9.97. The quantitative estimate of drug-likeness (QED) is 0.881. The van der Waals surface area contributed by atoms with Crippen LogP contribution in [0.2, 0.25) is 0 Å². The molecule has 0 spiro atoms. The summed E-state index contributed by atoms with van der Waals surface area (Å²) in [5.41, 5.74) is 1.36. The van der Waals surface area contributed by atoms with Crippen molar-refractivity contribution in [2.45, 2.75) is 56.1 Å². The highest BCUT2D eigenvalue weighted by molar-refractivity contribution is 5.89. The molecule has 2 saturated heterocycles. The molecule has 1 saturated carbocycles. The molecular weight excluding hydrogens is 344 g/mol. The zero-order chi connectivity index (χ0) is 17.0. The van der Waals surface area contributed by atoms with Gasteiger partial charge in [0.2, 0.25) is 5.91 Å². The van der Waals surface area contributed by atoms with Crippen LogP contribution in [-0.4, -0.2) is 36.0 Å². The molecule has 2 bridgehead atoms. The minimum absolute atomic E-state index is 0. The first-order valence-electron chi connectivity index (χ1n) is 9.71. The topological polar surface area (TPSA) is 32.3 Å². The summed E-state index contributed by atoms with van der Waals surface area (Å²) >= 11 is 0. The Morgan fingerprint density at radius 3 is 2.46 bits per heavy atom. The Labute approximate surface area is 161 Å². The van der Waals surface area contributed by atoms with Gasteiger partial charge in [-0.15, -0.1) is 12.4 Å². The minimum atomic E-state index is 0. The van der Waals surface area contributed by atoms with Gasteiger partial charge in [-0.05, 0) is 54.4 Å². The van der Waals surface area contributed by atoms with Gasteiger partial charge in [-0.3, -0.25) is 4.79 Å². The van der Waals surface area contributed by atoms with Gasteiger partial charge >= 0.3 is 0 Å². The molecule has 3 fully saturated rings. The minimum Gasteiger partial charge on any atom is -0.342 e. The van der Waals surface area contributed by atoms with Crippen molar-refractivity contribution in [2.75, 3.05) is 7.05 Å². The van der Waals surface area contributed by atoms with E-state index in [-0.39, 0.29) is 18.3 Å². The molecule has 26 heavy (non-hydrogen) atoms. The Kier molecular flexibility index (Phi) is 4.70. The van der Waals surface area contributed by atoms with E-state index < -0.39 is 0 Å². The number of carbonyl (C=O) groups excluding carboxylic acids is 1. The standard InChI is InChI=1S/C22H26N2O.ClH/c1-24(17-11-15-9-10-16(12-17)23-15)22(25)21-13-20(21)19-8-4-6-14-5-2-3-7-18(14)19;/h2-8,15-17,20-21,23H,9-13H2,1H3;1H. The van der Waals surface area contributed by atoms with Gasteiger partial charge in [0.25, 0.3) is 0 Å². The maximum Gasteiger partial charge on any atom is 0.226 e. The van der Waals surface area contributed by atoms with Crippen LogP contribution in [0, 0.1) is 5.92 Å². The molecule has 1 aliphatic carbocycles. The van der Waals surface area contributed by atoms with E-state index in [0.29, 0.717) is 30.0 Å². The third kappa shape index (κ3) is 3.01. The Balaban J connectivity index is 0.00000168. The van der Waals surface area contributed by atoms with Gasteiger partial charge < -0.3 is 10.2 Å². The van der Waals surface area contributed by atoms with Crippen molar-refractivity contribution in [2.24, 2.45) is 5.92 Å². The van der Waals surface area contributed by atoms with Crippen molar-refractivity contribution in [3.05, 3.63) is 48.0 Å². The second-order valence-corrected chi connectivity index (χ2v) is 8.23. The molecule has 3 nitrogen and oxygen atoms in total. The maximum absolute atomic E-state index is 13.1. The number of benzene rings is 2. The van der Waals surface area contributed by atoms with Crippen molar-refractivity contribution < 1.29 is 4.79 Å². The van der Waals surface area contributed by atoms with E-state index in [4.69, 9.17) is 0 Å². The Morgan fingerprint density at radius 2 is 1.69 bits per heavy atom. The van der Waals surface area contributed by atoms with Crippen LogP contribution in [0.3, 0.4) is 0 Å². The molecule has 4 atom stereocenters. The summed E-state index contributed by atoms with van der Waals surface area (Å²) < 4.78 is 0. The number of hydrogen-bond donors (Lipinski definition) is 1. The summed E-state index contributed by atoms with van der Waals surface area (Å²) in [6.07, 6.45) is 5.83. The second kappa shape index (κ2) is 6.86. The van der Waals surface area contributed by atoms with Crippen molar-refractivity contribution in [1.29, 1.82) is 0 Å². The van der Waals surface area contributed by atoms with Crippen LogP contribution in [0.5, 0.6) is 0 Å². The number of amides is 1. The molecule has 2 aliphatic heterocycles. The first-order chi connectivity index (χ1) is 12.2. The number of halogens is 1. The van der Waals surface area contributed by atoms with Crippen molar-refractivity contribution in [3.63, 3.8) is 0 Å². The lowest BCUT2D eigenvalue weighted by Gasteiger charge is -2.35. The van der Waals surface area contributed by atoms with E-state index in [1.165, 1.54) is 29.2 Å². The fourth-order valence-corrected chi connectivity index (χ4v) is 5.17. The Bertz CT molecular complexity index is 805. The van der Waals surface area contributed by atoms with Gasteiger partial charge in [-0.1, -0.05) is 42.5 Å². The summed E-state index contributed by atoms with van der Waals surface area (Å²) in [6.45, 7) is 0. The molecule has 0 radical (unpaired) electrons. The number of hydrogen-bond acceptors (Lipinski definition) is 2. The highest BCUT2D eigenvalue weighted by Crippen LogP contribution is 2.50. The van der Waals surface area contributed by atoms with Gasteiger partial charge in [-0.2, -0.15) is 0 Å². The Hall–Kier alpha value is -1.58. The molecule has 1 amide bonds. The van der Waals surface area contributed by atoms with Crippen LogP contribution < -0.4 is 5.32 Å². The predicted molar refractivity (Wildman–Crippen MR) is 108 cm³/mol. The predicted octanol–water partition coefficient (Wildman–Crippen LogP) is 4.11. The van der Waals surface area contributed by atoms with Gasteiger partial charge in [0, 0.05) is 31.1 Å². The summed E-state index contributed by atoms with van der Waals surface area (Å²) in [7, 11) is 2.04. The number of nitrogens with zero attached hydrogens (tertiary/aromatic N) is 1. The van der Waals surface area contributed by atoms with Gasteiger partial charge in [0.05, 0.1) is 0 Å². The lowest BCUT2D eigenvalue weighted by Crippen LogP contribution is -2.49. The lowest BCUT2D eigenvalue weighted by molar-refractivity contribution is -0.134. The highest BCUT2D eigenvalue weighted by Gasteiger charge is 2.47. The van der Waals surface area contributed by atoms with Crippen LogP contribution in [0.15, 0.2) is 42.5 Å². The van der Waals surface area contributed by atoms with Crippen LogP contribution in [-0.2, 0) is 4.79 Å². The second-order valence-electron chi connectivity index (χ2n) is 8.23. The number of carbonyl (C=O) groups is 1. The molecule has 3 aliphatic rings. The molecule has 2 aromatic carbocycles. The first-order valence-corrected chi connectivity index (χ1v) is 9.71. The Morgan fingerprint density at radius 1 is 1.00 bits per heavy atom. The summed E-state index contributed by atoms with van der Waals surface area (Å²) in [4.78, 5) is 15.1. The van der Waals surface area contributed by atoms with Crippen LogP contribution in [0.4, 0.5) is 0 Å². The van der Waals surface area contributed by atoms with Crippen LogP contribution in [0.25, 0.3) is 10.8 Å². The number of fused-ring (bicyclic) bond motifs is 3. The number of rotatable bonds is 3. The van der Waals surface area contributed by atoms with Crippen molar-refractivity contribution >= 4 is 29.1 Å². The highest BCUT2D eigenvalue weighted by atomic mass is 35.5. The fourth-order valence-electron chi connectivity index (χ4n) is 5.17. The smallest absolute Gasteiger partial charge is 0.226 e. The fraction of sp³-hybridized carbons (Fsp3) is 0.500. The monoisotopic (exact) mass is 370 g/mol. The first kappa shape index (κ1) is 17.8. The zero-order valence-electron chi connectivity index (χ0n) is 15.2. The molecule has 1 N–H and O–H groups in total. The van der Waals surface area contributed by atoms with Crippen LogP contribution in [0.1, 0.15) is 43.6 Å². The normalized spacial score (nSPS) is 32.1. The van der Waals surface area contributed by atoms with Crippen molar-refractivity contribution in [3.8, 4) is 0 Å². The summed E-state index contributed by atoms with van der Waals surface area (Å²) in [5.74, 6) is 0.951. The number of piperidine rings is 1. The molecular formula is C22H27ClN2O. The van der Waals surface area contributed by atoms with Gasteiger partial charge in [0.1, 0.15) is 0 Å². The maximum atomic E-state index is 13.1. The molecule has 4 unspecified atom stereocenters. The molecule has 4 heteroatoms. The summed E-state index contributed by atoms with van der Waals surface area (Å²) in [5, 5.41) is 6.27. The van der Waals surface area contributed by atoms with E-state index in [2.05, 4.69) is 52.7 Å². The van der Waals surface area contributed by atoms with Crippen LogP contribution >= 0.6 is 12.4 Å². The van der Waals surface area contributed by atoms with E-state index in [1.807, 2.05) is 7.05 Å². The molecule has 5 rings (SSSR count). The summed E-state index contributed by atoms with van der Waals surface area (Å²) in [6, 6.07) is 16.7. The van der Waals surface area contributed by atoms with E-state index in [0.717, 1.165) is 19.3 Å². The molecule has 2 aromatic rings. The van der Waals surface area contributed by atoms with Gasteiger partial charge in [-0.25, -0.2) is 0 Å². The third-order valence-corrected chi connectivity index (χ3v) is 6.67. The molecule has 0 aromatic heterocycles. The molecule has 138 valence electrons. The molecule has 2 heterocycles. The van der Waals surface area contributed by atoms with Gasteiger partial charge in [0.15, 0.2) is 0 Å².